The van der Waals surface area contributed by atoms with Crippen LogP contribution in [0.15, 0.2) is 58.0 Å². The molecule has 0 aromatic heterocycles. The summed E-state index contributed by atoms with van der Waals surface area (Å²) in [6.07, 6.45) is 0. The maximum atomic E-state index is 5.35. The molecule has 0 saturated heterocycles. The number of nitrogens with zero attached hydrogens (tertiary/aromatic N) is 1. The van der Waals surface area contributed by atoms with Gasteiger partial charge in [-0.05, 0) is 23.8 Å². The minimum absolute atomic E-state index is 0.657. The number of para-hydroxylation sites is 1. The fraction of sp³-hybridized carbons (Fsp3) is 0.235. The second-order valence-electron chi connectivity index (χ2n) is 4.72. The zero-order chi connectivity index (χ0) is 15.8. The van der Waals surface area contributed by atoms with Crippen molar-refractivity contribution in [3.63, 3.8) is 0 Å². The van der Waals surface area contributed by atoms with Crippen LogP contribution in [-0.2, 0) is 13.1 Å². The molecule has 22 heavy (non-hydrogen) atoms. The molecule has 2 N–H and O–H groups in total. The number of rotatable bonds is 5. The summed E-state index contributed by atoms with van der Waals surface area (Å²) < 4.78 is 6.43. The average Bonchev–Trinajstić information content (AvgIpc) is 2.57. The van der Waals surface area contributed by atoms with Crippen molar-refractivity contribution in [2.24, 2.45) is 4.99 Å². The van der Waals surface area contributed by atoms with Crippen LogP contribution < -0.4 is 15.4 Å². The number of hydrogen-bond donors (Lipinski definition) is 2. The molecule has 0 radical (unpaired) electrons. The van der Waals surface area contributed by atoms with Crippen molar-refractivity contribution in [2.45, 2.75) is 13.1 Å². The highest BCUT2D eigenvalue weighted by Gasteiger charge is 2.03. The first kappa shape index (κ1) is 16.4. The van der Waals surface area contributed by atoms with Crippen LogP contribution in [0.3, 0.4) is 0 Å². The highest BCUT2D eigenvalue weighted by molar-refractivity contribution is 9.10. The van der Waals surface area contributed by atoms with Crippen LogP contribution in [0, 0.1) is 0 Å². The van der Waals surface area contributed by atoms with E-state index in [9.17, 15) is 0 Å². The smallest absolute Gasteiger partial charge is 0.191 e. The van der Waals surface area contributed by atoms with E-state index in [0.29, 0.717) is 6.54 Å². The van der Waals surface area contributed by atoms with E-state index in [1.807, 2.05) is 36.4 Å². The minimum Gasteiger partial charge on any atom is -0.496 e. The van der Waals surface area contributed by atoms with Crippen molar-refractivity contribution in [3.8, 4) is 5.75 Å². The van der Waals surface area contributed by atoms with E-state index in [1.165, 1.54) is 5.56 Å². The zero-order valence-electron chi connectivity index (χ0n) is 12.8. The van der Waals surface area contributed by atoms with Crippen molar-refractivity contribution in [1.29, 1.82) is 0 Å². The lowest BCUT2D eigenvalue weighted by Gasteiger charge is -2.13. The van der Waals surface area contributed by atoms with Crippen LogP contribution in [0.2, 0.25) is 0 Å². The molecule has 116 valence electrons. The molecule has 2 rings (SSSR count). The molecule has 5 heteroatoms. The largest absolute Gasteiger partial charge is 0.496 e. The van der Waals surface area contributed by atoms with E-state index in [4.69, 9.17) is 4.74 Å². The molecule has 0 unspecified atom stereocenters. The molecule has 0 amide bonds. The second kappa shape index (κ2) is 8.44. The quantitative estimate of drug-likeness (QED) is 0.634. The van der Waals surface area contributed by atoms with Gasteiger partial charge < -0.3 is 15.4 Å². The van der Waals surface area contributed by atoms with Crippen LogP contribution in [0.1, 0.15) is 11.1 Å². The Bertz CT molecular complexity index is 626. The molecule has 0 fully saturated rings. The van der Waals surface area contributed by atoms with Crippen molar-refractivity contribution >= 4 is 21.9 Å². The Balaban J connectivity index is 1.88. The van der Waals surface area contributed by atoms with Gasteiger partial charge in [0.1, 0.15) is 5.75 Å². The summed E-state index contributed by atoms with van der Waals surface area (Å²) in [6.45, 7) is 1.38. The van der Waals surface area contributed by atoms with Gasteiger partial charge in [0.05, 0.1) is 7.11 Å². The molecular weight excluding hydrogens is 342 g/mol. The number of benzene rings is 2. The van der Waals surface area contributed by atoms with Gasteiger partial charge in [-0.3, -0.25) is 4.99 Å². The lowest BCUT2D eigenvalue weighted by atomic mass is 10.2. The molecule has 2 aromatic rings. The molecule has 0 spiro atoms. The van der Waals surface area contributed by atoms with Crippen molar-refractivity contribution in [3.05, 3.63) is 64.1 Å². The first-order valence-corrected chi connectivity index (χ1v) is 7.83. The van der Waals surface area contributed by atoms with E-state index in [1.54, 1.807) is 14.2 Å². The number of nitrogens with one attached hydrogen (secondary N) is 2. The third-order valence-corrected chi connectivity index (χ3v) is 3.76. The predicted octanol–water partition coefficient (Wildman–Crippen LogP) is 3.32. The lowest BCUT2D eigenvalue weighted by Crippen LogP contribution is -2.36. The number of halogens is 1. The monoisotopic (exact) mass is 361 g/mol. The molecule has 0 bridgehead atoms. The van der Waals surface area contributed by atoms with Crippen LogP contribution >= 0.6 is 15.9 Å². The Hall–Kier alpha value is -2.01. The molecular formula is C17H20BrN3O. The Morgan fingerprint density at radius 2 is 1.73 bits per heavy atom. The molecule has 0 aliphatic heterocycles. The Kier molecular flexibility index (Phi) is 6.27. The zero-order valence-corrected chi connectivity index (χ0v) is 14.4. The van der Waals surface area contributed by atoms with Gasteiger partial charge in [0.15, 0.2) is 5.96 Å². The number of hydrogen-bond acceptors (Lipinski definition) is 2. The summed E-state index contributed by atoms with van der Waals surface area (Å²) in [5, 5.41) is 6.59. The maximum Gasteiger partial charge on any atom is 0.191 e. The van der Waals surface area contributed by atoms with Crippen LogP contribution in [0.25, 0.3) is 0 Å². The fourth-order valence-electron chi connectivity index (χ4n) is 2.04. The Morgan fingerprint density at radius 1 is 1.05 bits per heavy atom. The molecule has 0 aliphatic rings. The third kappa shape index (κ3) is 4.77. The van der Waals surface area contributed by atoms with Gasteiger partial charge in [-0.1, -0.05) is 46.3 Å². The molecule has 0 aliphatic carbocycles. The molecule has 2 aromatic carbocycles. The van der Waals surface area contributed by atoms with Crippen molar-refractivity contribution < 1.29 is 4.74 Å². The normalized spacial score (nSPS) is 11.1. The van der Waals surface area contributed by atoms with Crippen LogP contribution in [-0.4, -0.2) is 20.1 Å². The maximum absolute atomic E-state index is 5.35. The van der Waals surface area contributed by atoms with Crippen molar-refractivity contribution in [1.82, 2.24) is 10.6 Å². The third-order valence-electron chi connectivity index (χ3n) is 3.24. The molecule has 0 saturated carbocycles. The van der Waals surface area contributed by atoms with Gasteiger partial charge >= 0.3 is 0 Å². The molecule has 0 atom stereocenters. The Labute approximate surface area is 139 Å². The van der Waals surface area contributed by atoms with Gasteiger partial charge in [0.2, 0.25) is 0 Å². The van der Waals surface area contributed by atoms with E-state index in [-0.39, 0.29) is 0 Å². The summed E-state index contributed by atoms with van der Waals surface area (Å²) in [6, 6.07) is 16.2. The average molecular weight is 362 g/mol. The van der Waals surface area contributed by atoms with E-state index >= 15 is 0 Å². The first-order chi connectivity index (χ1) is 10.7. The highest BCUT2D eigenvalue weighted by Crippen LogP contribution is 2.16. The van der Waals surface area contributed by atoms with Crippen LogP contribution in [0.4, 0.5) is 0 Å². The van der Waals surface area contributed by atoms with E-state index in [0.717, 1.165) is 28.3 Å². The van der Waals surface area contributed by atoms with Gasteiger partial charge in [0.25, 0.3) is 0 Å². The predicted molar refractivity (Wildman–Crippen MR) is 94.2 cm³/mol. The Morgan fingerprint density at radius 3 is 2.41 bits per heavy atom. The van der Waals surface area contributed by atoms with E-state index < -0.39 is 0 Å². The number of ether oxygens (including phenoxy) is 1. The summed E-state index contributed by atoms with van der Waals surface area (Å²) in [5.41, 5.74) is 2.29. The fourth-order valence-corrected chi connectivity index (χ4v) is 2.30. The van der Waals surface area contributed by atoms with Crippen LogP contribution in [0.5, 0.6) is 5.75 Å². The topological polar surface area (TPSA) is 45.7 Å². The van der Waals surface area contributed by atoms with Gasteiger partial charge in [-0.25, -0.2) is 0 Å². The first-order valence-electron chi connectivity index (χ1n) is 7.04. The molecule has 4 nitrogen and oxygen atoms in total. The standard InChI is InChI=1S/C17H20BrN3O/c1-19-17(20-11-13-7-9-15(18)10-8-13)21-12-14-5-3-4-6-16(14)22-2/h3-10H,11-12H2,1-2H3,(H2,19,20,21). The summed E-state index contributed by atoms with van der Waals surface area (Å²) in [4.78, 5) is 4.24. The SMILES string of the molecule is CN=C(NCc1ccc(Br)cc1)NCc1ccccc1OC. The summed E-state index contributed by atoms with van der Waals surface area (Å²) >= 11 is 3.44. The molecule has 0 heterocycles. The van der Waals surface area contributed by atoms with Gasteiger partial charge in [0, 0.05) is 30.2 Å². The summed E-state index contributed by atoms with van der Waals surface area (Å²) in [5.74, 6) is 1.63. The van der Waals surface area contributed by atoms with Gasteiger partial charge in [-0.15, -0.1) is 0 Å². The highest BCUT2D eigenvalue weighted by atomic mass is 79.9. The van der Waals surface area contributed by atoms with E-state index in [2.05, 4.69) is 43.7 Å². The second-order valence-corrected chi connectivity index (χ2v) is 5.63. The van der Waals surface area contributed by atoms with Gasteiger partial charge in [-0.2, -0.15) is 0 Å². The minimum atomic E-state index is 0.657. The van der Waals surface area contributed by atoms with Crippen molar-refractivity contribution in [2.75, 3.05) is 14.2 Å². The number of aliphatic imine (C=N–C) groups is 1. The number of methoxy groups -OCH3 is 1. The lowest BCUT2D eigenvalue weighted by molar-refractivity contribution is 0.409. The number of guanidine groups is 1. The summed E-state index contributed by atoms with van der Waals surface area (Å²) in [7, 11) is 3.44.